The van der Waals surface area contributed by atoms with Crippen LogP contribution < -0.4 is 4.90 Å². The van der Waals surface area contributed by atoms with Crippen molar-refractivity contribution in [1.29, 1.82) is 0 Å². The lowest BCUT2D eigenvalue weighted by molar-refractivity contribution is -0.900. The Morgan fingerprint density at radius 1 is 1.28 bits per heavy atom. The van der Waals surface area contributed by atoms with Gasteiger partial charge < -0.3 is 14.7 Å². The number of morpholine rings is 1. The van der Waals surface area contributed by atoms with Gasteiger partial charge in [-0.15, -0.1) is 0 Å². The molecule has 0 aliphatic carbocycles. The molecule has 1 heterocycles. The highest BCUT2D eigenvalue weighted by molar-refractivity contribution is 5.30. The van der Waals surface area contributed by atoms with Crippen molar-refractivity contribution in [2.45, 2.75) is 12.5 Å². The minimum atomic E-state index is -1.06. The fourth-order valence-electron chi connectivity index (χ4n) is 2.01. The molecule has 0 aromatic heterocycles. The summed E-state index contributed by atoms with van der Waals surface area (Å²) in [5.41, 5.74) is -0.220. The summed E-state index contributed by atoms with van der Waals surface area (Å²) >= 11 is 0. The molecule has 0 saturated carbocycles. The fraction of sp³-hybridized carbons (Fsp3) is 0.467. The molecule has 1 fully saturated rings. The van der Waals surface area contributed by atoms with Gasteiger partial charge in [0.2, 0.25) is 0 Å². The third-order valence-electron chi connectivity index (χ3n) is 3.21. The van der Waals surface area contributed by atoms with E-state index in [2.05, 4.69) is 11.8 Å². The number of nitrogens with one attached hydrogen (secondary N) is 1. The molecule has 0 radical (unpaired) electrons. The molecule has 1 aliphatic rings. The van der Waals surface area contributed by atoms with Crippen molar-refractivity contribution in [3.63, 3.8) is 0 Å². The Balaban J connectivity index is 1.95. The van der Waals surface area contributed by atoms with Gasteiger partial charge in [0.05, 0.1) is 13.2 Å². The highest BCUT2D eigenvalue weighted by atomic mass is 16.5. The summed E-state index contributed by atoms with van der Waals surface area (Å²) < 4.78 is 5.30. The first kappa shape index (κ1) is 13.1. The average molecular weight is 246 g/mol. The van der Waals surface area contributed by atoms with E-state index in [1.54, 1.807) is 6.92 Å². The van der Waals surface area contributed by atoms with Crippen molar-refractivity contribution >= 4 is 0 Å². The molecule has 1 aromatic carbocycles. The Bertz CT molecular complexity index is 425. The summed E-state index contributed by atoms with van der Waals surface area (Å²) in [6.07, 6.45) is 0. The van der Waals surface area contributed by atoms with Crippen LogP contribution in [0.1, 0.15) is 12.5 Å². The molecule has 18 heavy (non-hydrogen) atoms. The lowest BCUT2D eigenvalue weighted by atomic mass is 9.97. The summed E-state index contributed by atoms with van der Waals surface area (Å²) in [5, 5.41) is 10.3. The molecule has 2 rings (SSSR count). The maximum absolute atomic E-state index is 10.3. The molecular formula is C15H20NO2+. The van der Waals surface area contributed by atoms with E-state index >= 15 is 0 Å². The predicted molar refractivity (Wildman–Crippen MR) is 70.2 cm³/mol. The second-order valence-corrected chi connectivity index (χ2v) is 4.78. The molecule has 1 saturated heterocycles. The molecule has 0 spiro atoms. The third-order valence-corrected chi connectivity index (χ3v) is 3.21. The van der Waals surface area contributed by atoms with E-state index in [4.69, 9.17) is 4.74 Å². The van der Waals surface area contributed by atoms with Gasteiger partial charge >= 0.3 is 0 Å². The van der Waals surface area contributed by atoms with Gasteiger partial charge in [0.1, 0.15) is 25.2 Å². The minimum Gasteiger partial charge on any atom is -0.374 e. The minimum absolute atomic E-state index is 0.770. The summed E-state index contributed by atoms with van der Waals surface area (Å²) in [6, 6.07) is 9.56. The Morgan fingerprint density at radius 3 is 2.61 bits per heavy atom. The summed E-state index contributed by atoms with van der Waals surface area (Å²) in [7, 11) is 0. The van der Waals surface area contributed by atoms with Gasteiger partial charge in [0.25, 0.3) is 0 Å². The molecule has 3 heteroatoms. The van der Waals surface area contributed by atoms with Crippen LogP contribution in [-0.4, -0.2) is 38.0 Å². The molecule has 0 bridgehead atoms. The van der Waals surface area contributed by atoms with Crippen LogP contribution >= 0.6 is 0 Å². The Morgan fingerprint density at radius 2 is 1.94 bits per heavy atom. The van der Waals surface area contributed by atoms with Crippen LogP contribution in [0.15, 0.2) is 30.3 Å². The SMILES string of the molecule is C[C@](O)(C#CC[NH+]1CCOCC1)c1ccccc1. The Kier molecular flexibility index (Phi) is 4.38. The normalized spacial score (nSPS) is 19.7. The van der Waals surface area contributed by atoms with Gasteiger partial charge in [-0.05, 0) is 18.4 Å². The zero-order valence-corrected chi connectivity index (χ0v) is 10.8. The number of benzene rings is 1. The second kappa shape index (κ2) is 6.01. The molecule has 0 unspecified atom stereocenters. The van der Waals surface area contributed by atoms with E-state index in [0.29, 0.717) is 0 Å². The van der Waals surface area contributed by atoms with Gasteiger partial charge in [-0.1, -0.05) is 36.3 Å². The van der Waals surface area contributed by atoms with Crippen LogP contribution in [0.2, 0.25) is 0 Å². The average Bonchev–Trinajstić information content (AvgIpc) is 2.41. The smallest absolute Gasteiger partial charge is 0.148 e. The lowest BCUT2D eigenvalue weighted by Crippen LogP contribution is -3.14. The zero-order chi connectivity index (χ0) is 12.8. The van der Waals surface area contributed by atoms with Crippen LogP contribution in [0.5, 0.6) is 0 Å². The summed E-state index contributed by atoms with van der Waals surface area (Å²) in [6.45, 7) is 6.14. The topological polar surface area (TPSA) is 33.9 Å². The zero-order valence-electron chi connectivity index (χ0n) is 10.8. The maximum Gasteiger partial charge on any atom is 0.148 e. The first-order valence-electron chi connectivity index (χ1n) is 6.38. The van der Waals surface area contributed by atoms with Crippen molar-refractivity contribution in [3.8, 4) is 11.8 Å². The van der Waals surface area contributed by atoms with E-state index < -0.39 is 5.60 Å². The molecule has 1 aliphatic heterocycles. The van der Waals surface area contributed by atoms with Gasteiger partial charge in [-0.2, -0.15) is 0 Å². The second-order valence-electron chi connectivity index (χ2n) is 4.78. The molecular weight excluding hydrogens is 226 g/mol. The molecule has 3 nitrogen and oxygen atoms in total. The van der Waals surface area contributed by atoms with E-state index in [1.807, 2.05) is 30.3 Å². The highest BCUT2D eigenvalue weighted by Gasteiger charge is 2.19. The Hall–Kier alpha value is -1.34. The summed E-state index contributed by atoms with van der Waals surface area (Å²) in [5.74, 6) is 6.07. The fourth-order valence-corrected chi connectivity index (χ4v) is 2.01. The van der Waals surface area contributed by atoms with Crippen molar-refractivity contribution in [3.05, 3.63) is 35.9 Å². The van der Waals surface area contributed by atoms with Gasteiger partial charge in [0, 0.05) is 0 Å². The van der Waals surface area contributed by atoms with E-state index in [0.717, 1.165) is 38.4 Å². The number of ether oxygens (including phenoxy) is 1. The van der Waals surface area contributed by atoms with Gasteiger partial charge in [-0.25, -0.2) is 0 Å². The standard InChI is InChI=1S/C15H19NO2/c1-15(17,14-6-3-2-4-7-14)8-5-9-16-10-12-18-13-11-16/h2-4,6-7,17H,9-13H2,1H3/p+1/t15-/m0/s1. The van der Waals surface area contributed by atoms with Crippen LogP contribution in [0, 0.1) is 11.8 Å². The predicted octanol–water partition coefficient (Wildman–Crippen LogP) is -0.187. The first-order valence-corrected chi connectivity index (χ1v) is 6.38. The first-order chi connectivity index (χ1) is 8.68. The third kappa shape index (κ3) is 3.58. The number of hydrogen-bond acceptors (Lipinski definition) is 2. The van der Waals surface area contributed by atoms with Crippen molar-refractivity contribution in [2.24, 2.45) is 0 Å². The molecule has 1 atom stereocenters. The van der Waals surface area contributed by atoms with Crippen LogP contribution in [0.3, 0.4) is 0 Å². The van der Waals surface area contributed by atoms with E-state index in [-0.39, 0.29) is 0 Å². The number of rotatable bonds is 2. The monoisotopic (exact) mass is 246 g/mol. The quantitative estimate of drug-likeness (QED) is 0.710. The molecule has 2 N–H and O–H groups in total. The van der Waals surface area contributed by atoms with Crippen LogP contribution in [-0.2, 0) is 10.3 Å². The highest BCUT2D eigenvalue weighted by Crippen LogP contribution is 2.18. The van der Waals surface area contributed by atoms with Crippen molar-refractivity contribution < 1.29 is 14.7 Å². The van der Waals surface area contributed by atoms with Crippen molar-refractivity contribution in [2.75, 3.05) is 32.8 Å². The van der Waals surface area contributed by atoms with Crippen LogP contribution in [0.4, 0.5) is 0 Å². The number of aliphatic hydroxyl groups is 1. The number of quaternary nitrogens is 1. The van der Waals surface area contributed by atoms with Crippen LogP contribution in [0.25, 0.3) is 0 Å². The molecule has 0 amide bonds. The summed E-state index contributed by atoms with van der Waals surface area (Å²) in [4.78, 5) is 1.43. The number of hydrogen-bond donors (Lipinski definition) is 2. The Labute approximate surface area is 108 Å². The largest absolute Gasteiger partial charge is 0.374 e. The van der Waals surface area contributed by atoms with E-state index in [1.165, 1.54) is 4.90 Å². The van der Waals surface area contributed by atoms with E-state index in [9.17, 15) is 5.11 Å². The molecule has 1 aromatic rings. The maximum atomic E-state index is 10.3. The van der Waals surface area contributed by atoms with Gasteiger partial charge in [-0.3, -0.25) is 0 Å². The lowest BCUT2D eigenvalue weighted by Gasteiger charge is -2.22. The van der Waals surface area contributed by atoms with Crippen molar-refractivity contribution in [1.82, 2.24) is 0 Å². The molecule has 96 valence electrons. The van der Waals surface area contributed by atoms with Gasteiger partial charge in [0.15, 0.2) is 0 Å².